The second kappa shape index (κ2) is 10.8. The van der Waals surface area contributed by atoms with Gasteiger partial charge in [-0.25, -0.2) is 4.79 Å². The van der Waals surface area contributed by atoms with Gasteiger partial charge >= 0.3 is 11.8 Å². The number of nitro benzene ring substituents is 1. The van der Waals surface area contributed by atoms with Crippen molar-refractivity contribution in [2.24, 2.45) is 0 Å². The van der Waals surface area contributed by atoms with Gasteiger partial charge in [0.2, 0.25) is 0 Å². The summed E-state index contributed by atoms with van der Waals surface area (Å²) in [6.45, 7) is 5.12. The van der Waals surface area contributed by atoms with Crippen molar-refractivity contribution in [1.29, 1.82) is 0 Å². The first-order chi connectivity index (χ1) is 12.6. The van der Waals surface area contributed by atoms with Crippen LogP contribution in [0.25, 0.3) is 0 Å². The van der Waals surface area contributed by atoms with E-state index in [4.69, 9.17) is 23.4 Å². The van der Waals surface area contributed by atoms with Gasteiger partial charge in [0.15, 0.2) is 0 Å². The highest BCUT2D eigenvalue weighted by Crippen LogP contribution is 2.20. The van der Waals surface area contributed by atoms with E-state index in [-0.39, 0.29) is 46.0 Å². The normalized spacial score (nSPS) is 11.5. The minimum atomic E-state index is -0.866. The van der Waals surface area contributed by atoms with E-state index >= 15 is 0 Å². The number of carbonyl (C=O) groups is 2. The van der Waals surface area contributed by atoms with Gasteiger partial charge < -0.3 is 12.4 Å². The van der Waals surface area contributed by atoms with Gasteiger partial charge in [-0.2, -0.15) is 0 Å². The first kappa shape index (κ1) is 27.1. The Morgan fingerprint density at radius 2 is 1.52 bits per heavy atom. The summed E-state index contributed by atoms with van der Waals surface area (Å²) in [5.41, 5.74) is -1.26. The third-order valence-corrected chi connectivity index (χ3v) is 4.40. The van der Waals surface area contributed by atoms with Crippen molar-refractivity contribution in [3.63, 3.8) is 0 Å². The van der Waals surface area contributed by atoms with Crippen molar-refractivity contribution in [3.05, 3.63) is 74.8 Å². The maximum atomic E-state index is 13.1. The Morgan fingerprint density at radius 3 is 2.00 bits per heavy atom. The molecule has 2 rings (SSSR count). The molecule has 0 saturated carbocycles. The van der Waals surface area contributed by atoms with Crippen LogP contribution in [0.4, 0.5) is 5.69 Å². The lowest BCUT2D eigenvalue weighted by Gasteiger charge is -2.33. The van der Waals surface area contributed by atoms with Crippen LogP contribution in [0.3, 0.4) is 0 Å². The predicted molar refractivity (Wildman–Crippen MR) is 109 cm³/mol. The molecule has 29 heavy (non-hydrogen) atoms. The molecule has 2 amide bonds. The molecule has 11 heteroatoms. The molecule has 0 heterocycles. The highest BCUT2D eigenvalue weighted by molar-refractivity contribution is 6.33. The van der Waals surface area contributed by atoms with Gasteiger partial charge in [-0.05, 0) is 39.0 Å². The second-order valence-electron chi connectivity index (χ2n) is 6.77. The van der Waals surface area contributed by atoms with E-state index in [1.165, 1.54) is 30.3 Å². The molecule has 1 atom stereocenters. The van der Waals surface area contributed by atoms with Crippen molar-refractivity contribution in [1.82, 2.24) is 4.53 Å². The van der Waals surface area contributed by atoms with E-state index in [9.17, 15) is 19.7 Å². The average molecular weight is 483 g/mol. The number of para-hydroxylation sites is 1. The van der Waals surface area contributed by atoms with E-state index in [1.54, 1.807) is 39.0 Å². The van der Waals surface area contributed by atoms with Crippen LogP contribution in [0, 0.1) is 10.1 Å². The third kappa shape index (κ3) is 6.04. The van der Waals surface area contributed by atoms with Crippen LogP contribution in [0.15, 0.2) is 48.5 Å². The van der Waals surface area contributed by atoms with Crippen molar-refractivity contribution < 1.29 is 31.9 Å². The maximum absolute atomic E-state index is 13.1. The van der Waals surface area contributed by atoms with Gasteiger partial charge in [0.05, 0.1) is 21.7 Å². The molecular formula is C18H19Cl4N3O4. The maximum Gasteiger partial charge on any atom is 0.371 e. The predicted octanol–water partition coefficient (Wildman–Crippen LogP) is 0.709. The van der Waals surface area contributed by atoms with E-state index in [0.717, 1.165) is 0 Å². The number of halogens is 4. The summed E-state index contributed by atoms with van der Waals surface area (Å²) in [6, 6.07) is 11.8. The summed E-state index contributed by atoms with van der Waals surface area (Å²) in [5, 5.41) is 11.4. The second-order valence-corrected chi connectivity index (χ2v) is 7.51. The standard InChI is InChI=1S/C18H17Cl2N3O4.2ClH/c1-18(2,3)21(16(24)12-8-4-6-10-14(12)19)22(20)17(25)13-9-5-7-11-15(13)23(26)27;;/h4-11H,1-3H3;2*1H. The molecule has 0 aliphatic rings. The number of quaternary nitrogens is 1. The van der Waals surface area contributed by atoms with Crippen LogP contribution >= 0.6 is 35.8 Å². The highest BCUT2D eigenvalue weighted by atomic mass is 35.5. The smallest absolute Gasteiger partial charge is 0.371 e. The van der Waals surface area contributed by atoms with E-state index in [2.05, 4.69) is 0 Å². The summed E-state index contributed by atoms with van der Waals surface area (Å²) in [6.07, 6.45) is 0. The third-order valence-electron chi connectivity index (χ3n) is 3.75. The number of benzene rings is 2. The largest absolute Gasteiger partial charge is 1.00 e. The summed E-state index contributed by atoms with van der Waals surface area (Å²) >= 11 is 12.4. The first-order valence-corrected chi connectivity index (χ1v) is 8.67. The molecule has 1 N–H and O–H groups in total. The van der Waals surface area contributed by atoms with E-state index in [1.807, 2.05) is 0 Å². The monoisotopic (exact) mass is 481 g/mol. The summed E-state index contributed by atoms with van der Waals surface area (Å²) < 4.78 is 0.647. The molecule has 0 aliphatic carbocycles. The minimum Gasteiger partial charge on any atom is -1.00 e. The van der Waals surface area contributed by atoms with Gasteiger partial charge in [-0.3, -0.25) is 14.9 Å². The molecule has 0 bridgehead atoms. The lowest BCUT2D eigenvalue weighted by molar-refractivity contribution is -0.951. The van der Waals surface area contributed by atoms with Crippen molar-refractivity contribution >= 4 is 53.3 Å². The van der Waals surface area contributed by atoms with E-state index < -0.39 is 28.0 Å². The van der Waals surface area contributed by atoms with Crippen LogP contribution in [0.2, 0.25) is 5.02 Å². The molecule has 2 aromatic rings. The molecule has 2 aromatic carbocycles. The molecule has 0 spiro atoms. The zero-order chi connectivity index (χ0) is 20.4. The fraction of sp³-hybridized carbons (Fsp3) is 0.222. The van der Waals surface area contributed by atoms with Crippen LogP contribution < -0.4 is 17.4 Å². The number of hydrogen-bond acceptors (Lipinski definition) is 4. The number of carbonyl (C=O) groups excluding carboxylic acids is 2. The highest BCUT2D eigenvalue weighted by Gasteiger charge is 2.43. The Balaban J connectivity index is 0.00000392. The van der Waals surface area contributed by atoms with Crippen molar-refractivity contribution in [2.75, 3.05) is 0 Å². The zero-order valence-electron chi connectivity index (χ0n) is 15.7. The van der Waals surface area contributed by atoms with Gasteiger partial charge in [-0.15, -0.1) is 17.4 Å². The Hall–Kier alpha value is -1.90. The van der Waals surface area contributed by atoms with E-state index in [0.29, 0.717) is 4.53 Å². The SMILES string of the molecule is CC(C)(C)[NH+](C(=O)c1ccccc1Cl)N(Cl)C(=O)c1ccccc1[N+](=O)[O-].Cl.[Cl-]. The Labute approximate surface area is 190 Å². The Kier molecular flexibility index (Phi) is 10.1. The van der Waals surface area contributed by atoms with Crippen molar-refractivity contribution in [2.45, 2.75) is 26.3 Å². The topological polar surface area (TPSA) is 85.0 Å². The summed E-state index contributed by atoms with van der Waals surface area (Å²) in [5.74, 6) is -1.40. The van der Waals surface area contributed by atoms with Crippen LogP contribution in [0.1, 0.15) is 41.5 Å². The number of rotatable bonds is 3. The fourth-order valence-electron chi connectivity index (χ4n) is 2.52. The number of nitrogens with zero attached hydrogens (tertiary/aromatic N) is 2. The van der Waals surface area contributed by atoms with Gasteiger partial charge in [0.25, 0.3) is 5.69 Å². The number of amides is 2. The molecule has 1 unspecified atom stereocenters. The Bertz CT molecular complexity index is 903. The molecule has 0 fully saturated rings. The van der Waals surface area contributed by atoms with Gasteiger partial charge in [0, 0.05) is 6.07 Å². The molecular weight excluding hydrogens is 464 g/mol. The number of nitro groups is 1. The zero-order valence-corrected chi connectivity index (χ0v) is 18.8. The molecule has 0 aromatic heterocycles. The van der Waals surface area contributed by atoms with Crippen LogP contribution in [0.5, 0.6) is 0 Å². The fourth-order valence-corrected chi connectivity index (χ4v) is 3.16. The van der Waals surface area contributed by atoms with Gasteiger partial charge in [0.1, 0.15) is 16.7 Å². The number of hydrogen-bond donors (Lipinski definition) is 1. The quantitative estimate of drug-likeness (QED) is 0.396. The molecule has 7 nitrogen and oxygen atoms in total. The number of nitrogens with one attached hydrogen (secondary N) is 1. The first-order valence-electron chi connectivity index (χ1n) is 7.96. The minimum absolute atomic E-state index is 0. The lowest BCUT2D eigenvalue weighted by Crippen LogP contribution is -3.25. The average Bonchev–Trinajstić information content (AvgIpc) is 2.60. The summed E-state index contributed by atoms with van der Waals surface area (Å²) in [4.78, 5) is 36.5. The molecule has 0 saturated heterocycles. The van der Waals surface area contributed by atoms with Crippen LogP contribution in [-0.4, -0.2) is 26.8 Å². The molecule has 158 valence electrons. The van der Waals surface area contributed by atoms with Crippen LogP contribution in [-0.2, 0) is 0 Å². The molecule has 0 radical (unpaired) electrons. The summed E-state index contributed by atoms with van der Waals surface area (Å²) in [7, 11) is 0. The Morgan fingerprint density at radius 1 is 1.03 bits per heavy atom. The van der Waals surface area contributed by atoms with Crippen molar-refractivity contribution in [3.8, 4) is 0 Å². The lowest BCUT2D eigenvalue weighted by atomic mass is 10.1. The molecule has 0 aliphatic heterocycles. The van der Waals surface area contributed by atoms with Gasteiger partial charge in [-0.1, -0.05) is 40.4 Å².